The third-order valence-corrected chi connectivity index (χ3v) is 5.28. The van der Waals surface area contributed by atoms with Crippen LogP contribution in [0.1, 0.15) is 27.7 Å². The van der Waals surface area contributed by atoms with Crippen LogP contribution in [-0.2, 0) is 0 Å². The SMILES string of the molecule is C[C@H](CO)[C@H](C)Oc1ccccc1.C[C@H](COc1ccccc1)[C@H](C)Oc1ccccc1. The fourth-order valence-corrected chi connectivity index (χ4v) is 2.69. The Balaban J connectivity index is 0.000000244. The standard InChI is InChI=1S/C17H20O2.C11H16O2/c1-14(13-18-16-9-5-3-6-10-16)15(2)19-17-11-7-4-8-12-17;1-9(8-12)10(2)13-11-6-4-3-5-7-11/h3-12,14-15H,13H2,1-2H3;3-7,9-10,12H,8H2,1-2H3/t14-,15+;9-,10+/m11/s1. The van der Waals surface area contributed by atoms with Crippen molar-refractivity contribution in [3.8, 4) is 17.2 Å². The van der Waals surface area contributed by atoms with Crippen LogP contribution in [0.2, 0.25) is 0 Å². The molecule has 4 heteroatoms. The molecule has 0 aliphatic heterocycles. The summed E-state index contributed by atoms with van der Waals surface area (Å²) in [6.45, 7) is 8.95. The van der Waals surface area contributed by atoms with Crippen molar-refractivity contribution in [2.45, 2.75) is 39.9 Å². The molecule has 0 saturated heterocycles. The molecule has 0 heterocycles. The summed E-state index contributed by atoms with van der Waals surface area (Å²) in [5, 5.41) is 8.90. The Morgan fingerprint density at radius 2 is 0.938 bits per heavy atom. The molecule has 0 aromatic heterocycles. The lowest BCUT2D eigenvalue weighted by atomic mass is 10.1. The van der Waals surface area contributed by atoms with Crippen LogP contribution in [0.3, 0.4) is 0 Å². The van der Waals surface area contributed by atoms with Gasteiger partial charge in [0.2, 0.25) is 0 Å². The molecule has 0 fully saturated rings. The van der Waals surface area contributed by atoms with Crippen molar-refractivity contribution in [2.24, 2.45) is 11.8 Å². The van der Waals surface area contributed by atoms with Crippen LogP contribution < -0.4 is 14.2 Å². The number of hydrogen-bond acceptors (Lipinski definition) is 4. The first kappa shape index (κ1) is 25.3. The Kier molecular flexibility index (Phi) is 11.2. The average molecular weight is 437 g/mol. The summed E-state index contributed by atoms with van der Waals surface area (Å²) in [5.74, 6) is 3.15. The van der Waals surface area contributed by atoms with Gasteiger partial charge in [-0.25, -0.2) is 0 Å². The van der Waals surface area contributed by atoms with Crippen LogP contribution in [0.25, 0.3) is 0 Å². The molecule has 4 nitrogen and oxygen atoms in total. The van der Waals surface area contributed by atoms with E-state index >= 15 is 0 Å². The second kappa shape index (κ2) is 14.2. The molecule has 0 aliphatic carbocycles. The first-order valence-electron chi connectivity index (χ1n) is 11.2. The van der Waals surface area contributed by atoms with Gasteiger partial charge in [-0.05, 0) is 50.2 Å². The summed E-state index contributed by atoms with van der Waals surface area (Å²) >= 11 is 0. The minimum atomic E-state index is 0.0485. The zero-order valence-corrected chi connectivity index (χ0v) is 19.6. The summed E-state index contributed by atoms with van der Waals surface area (Å²) < 4.78 is 17.2. The van der Waals surface area contributed by atoms with E-state index < -0.39 is 0 Å². The number of para-hydroxylation sites is 3. The van der Waals surface area contributed by atoms with E-state index in [-0.39, 0.29) is 24.7 Å². The van der Waals surface area contributed by atoms with Gasteiger partial charge in [0.25, 0.3) is 0 Å². The molecule has 3 aromatic carbocycles. The molecular formula is C28H36O4. The van der Waals surface area contributed by atoms with Crippen LogP contribution in [0.5, 0.6) is 17.2 Å². The van der Waals surface area contributed by atoms with E-state index in [9.17, 15) is 0 Å². The third kappa shape index (κ3) is 9.44. The fraction of sp³-hybridized carbons (Fsp3) is 0.357. The molecule has 0 bridgehead atoms. The molecular weight excluding hydrogens is 400 g/mol. The van der Waals surface area contributed by atoms with Gasteiger partial charge in [-0.15, -0.1) is 0 Å². The van der Waals surface area contributed by atoms with E-state index in [0.717, 1.165) is 17.2 Å². The molecule has 0 spiro atoms. The van der Waals surface area contributed by atoms with Crippen LogP contribution >= 0.6 is 0 Å². The molecule has 0 saturated carbocycles. The van der Waals surface area contributed by atoms with Crippen LogP contribution in [0.15, 0.2) is 91.0 Å². The summed E-state index contributed by atoms with van der Waals surface area (Å²) in [7, 11) is 0. The predicted octanol–water partition coefficient (Wildman–Crippen LogP) is 6.25. The molecule has 4 atom stereocenters. The Morgan fingerprint density at radius 3 is 1.34 bits per heavy atom. The van der Waals surface area contributed by atoms with Crippen molar-refractivity contribution in [2.75, 3.05) is 13.2 Å². The van der Waals surface area contributed by atoms with Gasteiger partial charge in [-0.3, -0.25) is 0 Å². The van der Waals surface area contributed by atoms with Crippen molar-refractivity contribution in [3.63, 3.8) is 0 Å². The summed E-state index contributed by atoms with van der Waals surface area (Å²) in [5.41, 5.74) is 0. The van der Waals surface area contributed by atoms with Gasteiger partial charge in [-0.2, -0.15) is 0 Å². The van der Waals surface area contributed by atoms with E-state index in [1.54, 1.807) is 0 Å². The van der Waals surface area contributed by atoms with Crippen LogP contribution in [0.4, 0.5) is 0 Å². The van der Waals surface area contributed by atoms with Crippen molar-refractivity contribution in [1.29, 1.82) is 0 Å². The number of rotatable bonds is 10. The average Bonchev–Trinajstić information content (AvgIpc) is 2.84. The maximum atomic E-state index is 8.90. The summed E-state index contributed by atoms with van der Waals surface area (Å²) in [4.78, 5) is 0. The highest BCUT2D eigenvalue weighted by molar-refractivity contribution is 5.22. The molecule has 0 unspecified atom stereocenters. The molecule has 32 heavy (non-hydrogen) atoms. The maximum Gasteiger partial charge on any atom is 0.119 e. The Hall–Kier alpha value is -2.98. The first-order valence-corrected chi connectivity index (χ1v) is 11.2. The van der Waals surface area contributed by atoms with E-state index in [1.165, 1.54) is 0 Å². The number of aliphatic hydroxyl groups is 1. The Labute approximate surface area is 192 Å². The Bertz CT molecular complexity index is 839. The van der Waals surface area contributed by atoms with E-state index in [1.807, 2.05) is 105 Å². The van der Waals surface area contributed by atoms with Gasteiger partial charge in [0.15, 0.2) is 0 Å². The monoisotopic (exact) mass is 436 g/mol. The van der Waals surface area contributed by atoms with Gasteiger partial charge in [0.05, 0.1) is 6.61 Å². The predicted molar refractivity (Wildman–Crippen MR) is 130 cm³/mol. The van der Waals surface area contributed by atoms with Crippen molar-refractivity contribution >= 4 is 0 Å². The smallest absolute Gasteiger partial charge is 0.119 e. The van der Waals surface area contributed by atoms with Crippen LogP contribution in [0, 0.1) is 11.8 Å². The van der Waals surface area contributed by atoms with Gasteiger partial charge in [-0.1, -0.05) is 68.4 Å². The number of benzene rings is 3. The van der Waals surface area contributed by atoms with E-state index in [0.29, 0.717) is 12.5 Å². The normalized spacial score (nSPS) is 14.2. The highest BCUT2D eigenvalue weighted by Gasteiger charge is 2.15. The number of hydrogen-bond donors (Lipinski definition) is 1. The van der Waals surface area contributed by atoms with E-state index in [4.69, 9.17) is 19.3 Å². The molecule has 1 N–H and O–H groups in total. The van der Waals surface area contributed by atoms with Gasteiger partial charge in [0.1, 0.15) is 29.5 Å². The van der Waals surface area contributed by atoms with Gasteiger partial charge in [0, 0.05) is 18.4 Å². The van der Waals surface area contributed by atoms with E-state index in [2.05, 4.69) is 13.8 Å². The van der Waals surface area contributed by atoms with Crippen LogP contribution in [-0.4, -0.2) is 30.5 Å². The summed E-state index contributed by atoms with van der Waals surface area (Å²) in [6, 6.07) is 29.4. The maximum absolute atomic E-state index is 8.90. The zero-order chi connectivity index (χ0) is 23.2. The highest BCUT2D eigenvalue weighted by atomic mass is 16.5. The number of aliphatic hydroxyl groups excluding tert-OH is 1. The lowest BCUT2D eigenvalue weighted by Gasteiger charge is -2.21. The molecule has 0 amide bonds. The lowest BCUT2D eigenvalue weighted by Crippen LogP contribution is -2.26. The molecule has 0 radical (unpaired) electrons. The fourth-order valence-electron chi connectivity index (χ4n) is 2.69. The second-order valence-electron chi connectivity index (χ2n) is 8.03. The minimum absolute atomic E-state index is 0.0485. The lowest BCUT2D eigenvalue weighted by molar-refractivity contribution is 0.110. The van der Waals surface area contributed by atoms with Gasteiger partial charge >= 0.3 is 0 Å². The Morgan fingerprint density at radius 1 is 0.562 bits per heavy atom. The topological polar surface area (TPSA) is 47.9 Å². The van der Waals surface area contributed by atoms with Crippen molar-refractivity contribution in [3.05, 3.63) is 91.0 Å². The van der Waals surface area contributed by atoms with Crippen molar-refractivity contribution in [1.82, 2.24) is 0 Å². The second-order valence-corrected chi connectivity index (χ2v) is 8.03. The first-order chi connectivity index (χ1) is 15.5. The third-order valence-electron chi connectivity index (χ3n) is 5.28. The number of ether oxygens (including phenoxy) is 3. The molecule has 3 rings (SSSR count). The molecule has 3 aromatic rings. The largest absolute Gasteiger partial charge is 0.493 e. The molecule has 0 aliphatic rings. The van der Waals surface area contributed by atoms with Crippen molar-refractivity contribution < 1.29 is 19.3 Å². The summed E-state index contributed by atoms with van der Waals surface area (Å²) in [6.07, 6.45) is 0.165. The van der Waals surface area contributed by atoms with Gasteiger partial charge < -0.3 is 19.3 Å². The quantitative estimate of drug-likeness (QED) is 0.408. The minimum Gasteiger partial charge on any atom is -0.493 e. The zero-order valence-electron chi connectivity index (χ0n) is 19.6. The highest BCUT2D eigenvalue weighted by Crippen LogP contribution is 2.17. The molecule has 172 valence electrons.